The quantitative estimate of drug-likeness (QED) is 0.189. The fraction of sp³-hybridized carbons (Fsp3) is 0.324. The van der Waals surface area contributed by atoms with E-state index in [0.29, 0.717) is 32.7 Å². The number of nitrogens with zero attached hydrogens (tertiary/aromatic N) is 2. The molecule has 1 unspecified atom stereocenters. The fourth-order valence-corrected chi connectivity index (χ4v) is 6.78. The van der Waals surface area contributed by atoms with Crippen molar-refractivity contribution in [2.45, 2.75) is 58.5 Å². The number of ether oxygens (including phenoxy) is 1. The first-order valence-corrected chi connectivity index (χ1v) is 15.5. The molecule has 2 N–H and O–H groups in total. The van der Waals surface area contributed by atoms with Crippen LogP contribution < -0.4 is 5.32 Å². The number of aromatic nitrogens is 2. The molecule has 7 nitrogen and oxygen atoms in total. The minimum absolute atomic E-state index is 0.0600. The number of benzene rings is 3. The maximum atomic E-state index is 13.6. The van der Waals surface area contributed by atoms with Crippen molar-refractivity contribution in [2.75, 3.05) is 13.2 Å². The first kappa shape index (κ1) is 29.6. The number of rotatable bonds is 10. The molecule has 1 aliphatic heterocycles. The third-order valence-electron chi connectivity index (χ3n) is 9.08. The number of carbonyl (C=O) groups is 2. The van der Waals surface area contributed by atoms with Crippen LogP contribution >= 0.6 is 0 Å². The van der Waals surface area contributed by atoms with Crippen LogP contribution in [0.2, 0.25) is 0 Å². The number of carboxylic acid groups (broad SMARTS) is 1. The number of para-hydroxylation sites is 1. The van der Waals surface area contributed by atoms with Crippen molar-refractivity contribution in [1.29, 1.82) is 0 Å². The summed E-state index contributed by atoms with van der Waals surface area (Å²) in [6.07, 6.45) is 2.28. The van der Waals surface area contributed by atoms with Gasteiger partial charge in [-0.3, -0.25) is 9.59 Å². The van der Waals surface area contributed by atoms with E-state index in [-0.39, 0.29) is 24.2 Å². The molecule has 2 aromatic heterocycles. The van der Waals surface area contributed by atoms with Crippen LogP contribution in [0.4, 0.5) is 0 Å². The number of aliphatic carboxylic acids is 1. The van der Waals surface area contributed by atoms with Gasteiger partial charge in [0.05, 0.1) is 11.4 Å². The van der Waals surface area contributed by atoms with E-state index in [1.54, 1.807) is 0 Å². The van der Waals surface area contributed by atoms with Gasteiger partial charge < -0.3 is 19.7 Å². The summed E-state index contributed by atoms with van der Waals surface area (Å²) in [5.74, 6) is -0.749. The Morgan fingerprint density at radius 2 is 1.66 bits per heavy atom. The predicted octanol–water partition coefficient (Wildman–Crippen LogP) is 6.70. The summed E-state index contributed by atoms with van der Waals surface area (Å²) in [5, 5.41) is 14.7. The van der Waals surface area contributed by atoms with Crippen LogP contribution in [-0.2, 0) is 33.8 Å². The van der Waals surface area contributed by atoms with Gasteiger partial charge in [0, 0.05) is 49.2 Å². The van der Waals surface area contributed by atoms with Gasteiger partial charge >= 0.3 is 5.97 Å². The van der Waals surface area contributed by atoms with Crippen molar-refractivity contribution in [3.05, 3.63) is 112 Å². The van der Waals surface area contributed by atoms with Crippen LogP contribution in [0.25, 0.3) is 21.9 Å². The van der Waals surface area contributed by atoms with E-state index in [1.807, 2.05) is 49.4 Å². The zero-order valence-electron chi connectivity index (χ0n) is 25.4. The van der Waals surface area contributed by atoms with Gasteiger partial charge in [0.1, 0.15) is 5.65 Å². The van der Waals surface area contributed by atoms with Gasteiger partial charge in [0.25, 0.3) is 0 Å². The Balaban J connectivity index is 1.30. The van der Waals surface area contributed by atoms with Gasteiger partial charge in [-0.05, 0) is 72.9 Å². The van der Waals surface area contributed by atoms with Gasteiger partial charge in [0.2, 0.25) is 5.91 Å². The molecular weight excluding hydrogens is 550 g/mol. The average Bonchev–Trinajstić information content (AvgIpc) is 3.34. The van der Waals surface area contributed by atoms with E-state index in [4.69, 9.17) is 9.72 Å². The molecule has 1 fully saturated rings. The molecule has 1 saturated heterocycles. The fourth-order valence-electron chi connectivity index (χ4n) is 6.78. The first-order chi connectivity index (χ1) is 21.4. The number of fused-ring (bicyclic) bond motifs is 3. The lowest BCUT2D eigenvalue weighted by atomic mass is 9.80. The minimum atomic E-state index is -0.803. The summed E-state index contributed by atoms with van der Waals surface area (Å²) in [6, 6.07) is 26.8. The van der Waals surface area contributed by atoms with Crippen LogP contribution in [0, 0.1) is 19.8 Å². The smallest absolute Gasteiger partial charge is 0.303 e. The molecule has 1 atom stereocenters. The van der Waals surface area contributed by atoms with Gasteiger partial charge in [-0.1, -0.05) is 72.8 Å². The lowest BCUT2D eigenvalue weighted by Crippen LogP contribution is -2.35. The van der Waals surface area contributed by atoms with E-state index in [9.17, 15) is 14.7 Å². The maximum Gasteiger partial charge on any atom is 0.303 e. The summed E-state index contributed by atoms with van der Waals surface area (Å²) in [7, 11) is 0. The second-order valence-corrected chi connectivity index (χ2v) is 11.9. The maximum absolute atomic E-state index is 13.6. The normalized spacial score (nSPS) is 14.6. The largest absolute Gasteiger partial charge is 0.481 e. The minimum Gasteiger partial charge on any atom is -0.481 e. The molecule has 226 valence electrons. The summed E-state index contributed by atoms with van der Waals surface area (Å²) >= 11 is 0. The number of amides is 1. The second-order valence-electron chi connectivity index (χ2n) is 11.9. The van der Waals surface area contributed by atoms with E-state index in [1.165, 1.54) is 0 Å². The molecule has 0 bridgehead atoms. The molecule has 3 heterocycles. The third-order valence-corrected chi connectivity index (χ3v) is 9.08. The van der Waals surface area contributed by atoms with Gasteiger partial charge in [-0.25, -0.2) is 4.98 Å². The summed E-state index contributed by atoms with van der Waals surface area (Å²) in [5.41, 5.74) is 8.22. The number of hydrogen-bond acceptors (Lipinski definition) is 4. The van der Waals surface area contributed by atoms with Crippen LogP contribution in [-0.4, -0.2) is 39.7 Å². The van der Waals surface area contributed by atoms with Gasteiger partial charge in [-0.2, -0.15) is 0 Å². The highest BCUT2D eigenvalue weighted by Gasteiger charge is 2.31. The predicted molar refractivity (Wildman–Crippen MR) is 173 cm³/mol. The standard InChI is InChI=1S/C37H39N3O4/c1-24-30(16-17-33(41)42)25(2)39-36-34(24)31-10-6-7-11-32(31)40(36)23-27-12-14-28(15-13-27)35(29-18-20-44-21-19-29)37(43)38-22-26-8-4-3-5-9-26/h3-15,29,35H,16-23H2,1-2H3,(H,38,43)(H,41,42). The van der Waals surface area contributed by atoms with E-state index < -0.39 is 5.97 Å². The van der Waals surface area contributed by atoms with Crippen molar-refractivity contribution in [2.24, 2.45) is 5.92 Å². The number of pyridine rings is 1. The number of carbonyl (C=O) groups excluding carboxylic acids is 1. The van der Waals surface area contributed by atoms with Crippen molar-refractivity contribution < 1.29 is 19.4 Å². The zero-order valence-corrected chi connectivity index (χ0v) is 25.4. The highest BCUT2D eigenvalue weighted by molar-refractivity contribution is 6.08. The highest BCUT2D eigenvalue weighted by Crippen LogP contribution is 2.35. The second kappa shape index (κ2) is 13.0. The Morgan fingerprint density at radius 3 is 2.39 bits per heavy atom. The Kier molecular flexibility index (Phi) is 8.75. The third kappa shape index (κ3) is 6.10. The molecular formula is C37H39N3O4. The summed E-state index contributed by atoms with van der Waals surface area (Å²) in [6.45, 7) is 6.56. The molecule has 44 heavy (non-hydrogen) atoms. The van der Waals surface area contributed by atoms with E-state index in [2.05, 4.69) is 53.2 Å². The Hall–Kier alpha value is -4.49. The van der Waals surface area contributed by atoms with E-state index in [0.717, 1.165) is 68.3 Å². The topological polar surface area (TPSA) is 93.5 Å². The summed E-state index contributed by atoms with van der Waals surface area (Å²) in [4.78, 5) is 30.0. The molecule has 1 amide bonds. The molecule has 7 heteroatoms. The van der Waals surface area contributed by atoms with Crippen molar-refractivity contribution in [1.82, 2.24) is 14.9 Å². The lowest BCUT2D eigenvalue weighted by Gasteiger charge is -2.30. The SMILES string of the molecule is Cc1nc2c(c(C)c1CCC(=O)O)c1ccccc1n2Cc1ccc(C(C(=O)NCc2ccccc2)C2CCOCC2)cc1. The van der Waals surface area contributed by atoms with Gasteiger partial charge in [-0.15, -0.1) is 0 Å². The Bertz CT molecular complexity index is 1790. The summed E-state index contributed by atoms with van der Waals surface area (Å²) < 4.78 is 7.88. The molecule has 3 aromatic carbocycles. The number of nitrogens with one attached hydrogen (secondary N) is 1. The molecule has 0 radical (unpaired) electrons. The van der Waals surface area contributed by atoms with E-state index >= 15 is 0 Å². The average molecular weight is 590 g/mol. The number of carboxylic acids is 1. The molecule has 1 aliphatic rings. The Labute approximate surface area is 257 Å². The molecule has 0 spiro atoms. The van der Waals surface area contributed by atoms with Gasteiger partial charge in [0.15, 0.2) is 0 Å². The van der Waals surface area contributed by atoms with Crippen LogP contribution in [0.15, 0.2) is 78.9 Å². The first-order valence-electron chi connectivity index (χ1n) is 15.5. The Morgan fingerprint density at radius 1 is 0.955 bits per heavy atom. The molecule has 0 saturated carbocycles. The van der Waals surface area contributed by atoms with Crippen LogP contribution in [0.5, 0.6) is 0 Å². The van der Waals surface area contributed by atoms with Crippen molar-refractivity contribution in [3.8, 4) is 0 Å². The number of aryl methyl sites for hydroxylation is 2. The van der Waals surface area contributed by atoms with Crippen LogP contribution in [0.1, 0.15) is 58.7 Å². The monoisotopic (exact) mass is 589 g/mol. The van der Waals surface area contributed by atoms with Crippen molar-refractivity contribution >= 4 is 33.8 Å². The lowest BCUT2D eigenvalue weighted by molar-refractivity contribution is -0.137. The highest BCUT2D eigenvalue weighted by atomic mass is 16.5. The molecule has 5 aromatic rings. The van der Waals surface area contributed by atoms with Crippen molar-refractivity contribution in [3.63, 3.8) is 0 Å². The molecule has 0 aliphatic carbocycles. The molecule has 6 rings (SSSR count). The van der Waals surface area contributed by atoms with Crippen LogP contribution in [0.3, 0.4) is 0 Å². The number of hydrogen-bond donors (Lipinski definition) is 2. The zero-order chi connectivity index (χ0) is 30.6.